The van der Waals surface area contributed by atoms with Crippen LogP contribution in [0.1, 0.15) is 43.2 Å². The summed E-state index contributed by atoms with van der Waals surface area (Å²) >= 11 is 0. The van der Waals surface area contributed by atoms with Crippen molar-refractivity contribution < 1.29 is 131 Å². The van der Waals surface area contributed by atoms with E-state index in [1.54, 1.807) is 12.4 Å². The van der Waals surface area contributed by atoms with Crippen molar-refractivity contribution >= 4 is 35.9 Å². The number of carboxylic acid groups (broad SMARTS) is 2. The summed E-state index contributed by atoms with van der Waals surface area (Å²) in [4.78, 5) is 79.4. The van der Waals surface area contributed by atoms with Crippen LogP contribution in [0.25, 0.3) is 0 Å². The number of nitrogens with two attached hydrogens (primary N) is 3. The molecular weight excluding hydrogens is 1250 g/mol. The van der Waals surface area contributed by atoms with Gasteiger partial charge in [-0.05, 0) is 35.4 Å². The first-order valence-electron chi connectivity index (χ1n) is 28.9. The van der Waals surface area contributed by atoms with E-state index in [2.05, 4.69) is 41.0 Å². The second-order valence-corrected chi connectivity index (χ2v) is 20.3. The highest BCUT2D eigenvalue weighted by Crippen LogP contribution is 2.30. The number of nitrogens with one attached hydrogen (secondary N) is 2. The molecule has 93 heavy (non-hydrogen) atoms. The summed E-state index contributed by atoms with van der Waals surface area (Å²) in [5.41, 5.74) is 11.1. The minimum atomic E-state index is -1.98. The van der Waals surface area contributed by atoms with Crippen LogP contribution in [0.15, 0.2) is 48.8 Å². The van der Waals surface area contributed by atoms with Crippen molar-refractivity contribution in [3.8, 4) is 11.5 Å². The minimum absolute atomic E-state index is 0.128. The summed E-state index contributed by atoms with van der Waals surface area (Å²) in [5.74, 6) is -0.177. The average molecular weight is 1330 g/mol. The van der Waals surface area contributed by atoms with Gasteiger partial charge < -0.3 is 125 Å². The lowest BCUT2D eigenvalue weighted by Gasteiger charge is -2.38. The van der Waals surface area contributed by atoms with Crippen molar-refractivity contribution in [1.29, 1.82) is 0 Å². The molecule has 2 saturated heterocycles. The van der Waals surface area contributed by atoms with E-state index < -0.39 is 97.4 Å². The normalized spacial score (nSPS) is 21.2. The largest absolute Gasteiger partial charge is 0.479 e. The molecule has 2 aliphatic rings. The first-order chi connectivity index (χ1) is 44.7. The molecule has 4 amide bonds. The van der Waals surface area contributed by atoms with Gasteiger partial charge in [0.1, 0.15) is 72.7 Å². The lowest BCUT2D eigenvalue weighted by molar-refractivity contribution is -0.271. The van der Waals surface area contributed by atoms with Crippen LogP contribution >= 0.6 is 0 Å². The molecule has 2 aromatic carbocycles. The third-order valence-corrected chi connectivity index (χ3v) is 13.5. The first kappa shape index (κ1) is 74.1. The molecule has 0 aliphatic carbocycles. The van der Waals surface area contributed by atoms with Crippen LogP contribution in [0.3, 0.4) is 0 Å². The van der Waals surface area contributed by atoms with E-state index >= 15 is 0 Å². The van der Waals surface area contributed by atoms with Gasteiger partial charge in [-0.3, -0.25) is 14.5 Å². The van der Waals surface area contributed by atoms with Gasteiger partial charge in [-0.15, -0.1) is 10.2 Å². The molecule has 516 valence electrons. The van der Waals surface area contributed by atoms with Gasteiger partial charge >= 0.3 is 24.1 Å². The number of aromatic nitrogens is 6. The van der Waals surface area contributed by atoms with E-state index in [0.29, 0.717) is 94.9 Å². The third-order valence-electron chi connectivity index (χ3n) is 13.5. The number of primary amides is 2. The van der Waals surface area contributed by atoms with E-state index in [9.17, 15) is 69.6 Å². The number of carboxylic acids is 2. The van der Waals surface area contributed by atoms with E-state index in [4.69, 9.17) is 74.2 Å². The Morgan fingerprint density at radius 1 is 0.505 bits per heavy atom. The van der Waals surface area contributed by atoms with E-state index in [-0.39, 0.29) is 95.2 Å². The molecule has 2 fully saturated rings. The molecular formula is C54H78N12O27. The summed E-state index contributed by atoms with van der Waals surface area (Å²) in [7, 11) is 0. The van der Waals surface area contributed by atoms with Crippen LogP contribution in [0, 0.1) is 0 Å². The highest BCUT2D eigenvalue weighted by molar-refractivity contribution is 5.97. The molecule has 0 radical (unpaired) electrons. The first-order valence-corrected chi connectivity index (χ1v) is 28.9. The van der Waals surface area contributed by atoms with Crippen molar-refractivity contribution in [2.24, 2.45) is 17.4 Å². The van der Waals surface area contributed by atoms with Crippen molar-refractivity contribution in [1.82, 2.24) is 45.5 Å². The van der Waals surface area contributed by atoms with Gasteiger partial charge in [-0.25, -0.2) is 34.4 Å². The number of aliphatic carboxylic acids is 2. The second-order valence-electron chi connectivity index (χ2n) is 20.3. The predicted molar refractivity (Wildman–Crippen MR) is 305 cm³/mol. The maximum absolute atomic E-state index is 13.5. The monoisotopic (exact) mass is 1330 g/mol. The SMILES string of the molecule is NOCCOCCOCCN(CCOCCOCCn1cc(CNC(=O)c2cc(COC(N)=O)ccc2O[C@@H]2O[C@H](C(=O)O)[C@@H](O)[C@H](O)[C@H]2O)nn1)CCOCCOCCn1cc(CNC(=O)c2cc(COC(N)=O)ccc2O[C@@H]2O[C@H](C(=O)O)[C@@H](O)[C@H](O)[C@H]2O)nn1. The number of nitrogens with zero attached hydrogens (tertiary/aromatic N) is 7. The van der Waals surface area contributed by atoms with E-state index in [1.165, 1.54) is 45.8 Å². The number of benzene rings is 2. The Morgan fingerprint density at radius 2 is 0.871 bits per heavy atom. The Labute approximate surface area is 529 Å². The number of carbonyl (C=O) groups excluding carboxylic acids is 4. The van der Waals surface area contributed by atoms with Gasteiger partial charge in [0.05, 0.1) is 136 Å². The van der Waals surface area contributed by atoms with Gasteiger partial charge in [0, 0.05) is 19.6 Å². The molecule has 2 aliphatic heterocycles. The Morgan fingerprint density at radius 3 is 1.24 bits per heavy atom. The zero-order valence-corrected chi connectivity index (χ0v) is 50.1. The molecule has 39 nitrogen and oxygen atoms in total. The molecule has 2 aromatic heterocycles. The van der Waals surface area contributed by atoms with Crippen molar-refractivity contribution in [2.45, 2.75) is 101 Å². The van der Waals surface area contributed by atoms with Crippen molar-refractivity contribution in [3.63, 3.8) is 0 Å². The van der Waals surface area contributed by atoms with E-state index in [0.717, 1.165) is 0 Å². The molecule has 6 rings (SSSR count). The number of aliphatic hydroxyl groups is 6. The second kappa shape index (κ2) is 38.9. The summed E-state index contributed by atoms with van der Waals surface area (Å²) < 4.78 is 68.7. The van der Waals surface area contributed by atoms with Crippen molar-refractivity contribution in [2.75, 3.05) is 106 Å². The minimum Gasteiger partial charge on any atom is -0.479 e. The fraction of sp³-hybridized carbons (Fsp3) is 0.593. The Bertz CT molecular complexity index is 2800. The van der Waals surface area contributed by atoms with Gasteiger partial charge in [-0.1, -0.05) is 22.6 Å². The summed E-state index contributed by atoms with van der Waals surface area (Å²) in [6, 6.07) is 7.91. The van der Waals surface area contributed by atoms with Gasteiger partial charge in [-0.2, -0.15) is 0 Å². The number of aliphatic hydroxyl groups excluding tert-OH is 6. The summed E-state index contributed by atoms with van der Waals surface area (Å²) in [6.45, 7) is 5.41. The lowest BCUT2D eigenvalue weighted by atomic mass is 9.99. The van der Waals surface area contributed by atoms with Crippen LogP contribution in [0.5, 0.6) is 11.5 Å². The maximum atomic E-state index is 13.5. The van der Waals surface area contributed by atoms with Crippen LogP contribution < -0.4 is 37.5 Å². The quantitative estimate of drug-likeness (QED) is 0.0145. The molecule has 16 N–H and O–H groups in total. The summed E-state index contributed by atoms with van der Waals surface area (Å²) in [5, 5.41) is 102. The number of hydrogen-bond acceptors (Lipinski definition) is 31. The zero-order valence-electron chi connectivity index (χ0n) is 50.1. The molecule has 0 saturated carbocycles. The molecule has 0 spiro atoms. The number of ether oxygens (including phenoxy) is 12. The van der Waals surface area contributed by atoms with Gasteiger partial charge in [0.2, 0.25) is 12.6 Å². The van der Waals surface area contributed by atoms with Gasteiger partial charge in [0.15, 0.2) is 12.2 Å². The Hall–Kier alpha value is -7.94. The molecule has 4 aromatic rings. The smallest absolute Gasteiger partial charge is 0.404 e. The van der Waals surface area contributed by atoms with Crippen LogP contribution in [0.2, 0.25) is 0 Å². The van der Waals surface area contributed by atoms with Crippen LogP contribution in [-0.4, -0.2) is 279 Å². The highest BCUT2D eigenvalue weighted by Gasteiger charge is 2.49. The van der Waals surface area contributed by atoms with Gasteiger partial charge in [0.25, 0.3) is 11.8 Å². The highest BCUT2D eigenvalue weighted by atomic mass is 16.7. The number of rotatable bonds is 43. The molecule has 4 heterocycles. The average Bonchev–Trinajstić information content (AvgIpc) is 1.31. The topological polar surface area (TPSA) is 551 Å². The van der Waals surface area contributed by atoms with Crippen LogP contribution in [-0.2, 0) is 101 Å². The molecule has 10 atom stereocenters. The van der Waals surface area contributed by atoms with Crippen LogP contribution in [0.4, 0.5) is 9.59 Å². The van der Waals surface area contributed by atoms with Crippen molar-refractivity contribution in [3.05, 3.63) is 82.4 Å². The molecule has 39 heteroatoms. The van der Waals surface area contributed by atoms with E-state index in [1.807, 2.05) is 0 Å². The number of carbonyl (C=O) groups is 6. The number of hydrogen-bond donors (Lipinski definition) is 13. The fourth-order valence-corrected chi connectivity index (χ4v) is 8.65. The standard InChI is InChI=1S/C54H78N12O27/c55-53(79)87-29-31-1-3-37(90-51-43(71)39(67)41(69)45(92-51)49(75)76)35(23-31)47(73)58-25-33-27-65(62-60-33)8-13-84-17-15-81-10-5-64(7-12-83-19-20-86-21-22-89-57)6-11-82-16-18-85-14-9-66-28-34(61-63-66)26-59-48(74)36-24-32(30-88-54(56)80)2-4-38(36)91-52-44(72)40(68)42(70)46(93-52)50(77)78/h1-4,23-24,27-28,39-46,51-52,67-72H,5-22,25-26,29-30,57H2,(H2,55,79)(H2,56,80)(H,58,73)(H,59,74)(H,75,76)(H,77,78)/t39-,40-,41-,42-,43+,44+,45-,46-,51+,52+/m0/s1. The predicted octanol–water partition coefficient (Wildman–Crippen LogP) is -5.55. The Balaban J connectivity index is 0.871. The number of amides is 4. The fourth-order valence-electron chi connectivity index (χ4n) is 8.65. The lowest BCUT2D eigenvalue weighted by Crippen LogP contribution is -2.61. The zero-order chi connectivity index (χ0) is 67.2. The molecule has 0 bridgehead atoms. The summed E-state index contributed by atoms with van der Waals surface area (Å²) in [6.07, 6.45) is -18.3. The molecule has 0 unspecified atom stereocenters. The third kappa shape index (κ3) is 24.5. The maximum Gasteiger partial charge on any atom is 0.404 e. The Kier molecular flexibility index (Phi) is 31.0.